The first-order valence-corrected chi connectivity index (χ1v) is 14.4. The van der Waals surface area contributed by atoms with Gasteiger partial charge in [-0.1, -0.05) is 6.07 Å². The van der Waals surface area contributed by atoms with Crippen molar-refractivity contribution in [1.29, 1.82) is 0 Å². The molecule has 6 aromatic rings. The van der Waals surface area contributed by atoms with E-state index in [4.69, 9.17) is 15.7 Å². The number of aryl methyl sites for hydroxylation is 1. The fraction of sp³-hybridized carbons (Fsp3) is 0.219. The van der Waals surface area contributed by atoms with Gasteiger partial charge < -0.3 is 16.0 Å². The van der Waals surface area contributed by atoms with E-state index in [1.165, 1.54) is 16.8 Å². The molecule has 0 amide bonds. The average Bonchev–Trinajstić information content (AvgIpc) is 3.84. The molecule has 1 aromatic carbocycles. The predicted octanol–water partition coefficient (Wildman–Crippen LogP) is 4.50. The molecule has 42 heavy (non-hydrogen) atoms. The molecule has 1 aliphatic heterocycles. The summed E-state index contributed by atoms with van der Waals surface area (Å²) >= 11 is 0. The number of imidazole rings is 1. The lowest BCUT2D eigenvalue weighted by Gasteiger charge is -2.22. The van der Waals surface area contributed by atoms with E-state index in [0.717, 1.165) is 66.4 Å². The van der Waals surface area contributed by atoms with Gasteiger partial charge in [0, 0.05) is 55.6 Å². The monoisotopic (exact) mass is 554 g/mol. The number of aromatic nitrogens is 7. The highest BCUT2D eigenvalue weighted by atomic mass is 15.3. The highest BCUT2D eigenvalue weighted by Gasteiger charge is 2.30. The van der Waals surface area contributed by atoms with Crippen LogP contribution >= 0.6 is 0 Å². The summed E-state index contributed by atoms with van der Waals surface area (Å²) in [6.45, 7) is 2.04. The number of nitrogen functional groups attached to an aromatic ring is 1. The van der Waals surface area contributed by atoms with Gasteiger partial charge in [0.15, 0.2) is 17.3 Å². The first kappa shape index (κ1) is 24.7. The van der Waals surface area contributed by atoms with E-state index in [1.54, 1.807) is 17.1 Å². The van der Waals surface area contributed by atoms with Crippen molar-refractivity contribution in [1.82, 2.24) is 39.6 Å². The molecule has 10 nitrogen and oxygen atoms in total. The lowest BCUT2D eigenvalue weighted by atomic mass is 10.1. The number of pyridine rings is 3. The first-order valence-electron chi connectivity index (χ1n) is 14.4. The van der Waals surface area contributed by atoms with Gasteiger partial charge in [0.1, 0.15) is 11.3 Å². The summed E-state index contributed by atoms with van der Waals surface area (Å²) in [6.07, 6.45) is 12.3. The molecule has 10 heteroatoms. The van der Waals surface area contributed by atoms with Crippen LogP contribution in [0.2, 0.25) is 0 Å². The van der Waals surface area contributed by atoms with E-state index >= 15 is 0 Å². The number of nitrogens with two attached hydrogens (primary N) is 1. The molecule has 208 valence electrons. The van der Waals surface area contributed by atoms with Crippen molar-refractivity contribution < 1.29 is 0 Å². The number of hydrogen-bond acceptors (Lipinski definition) is 8. The SMILES string of the molecule is Nc1ncccc1-c1nc2ccc(-n3cccn3)nc2n1-c1ccc2c(c1)CC[C@@H]2NC1CCN(c2cccnc2)C1. The van der Waals surface area contributed by atoms with Crippen LogP contribution in [0.5, 0.6) is 0 Å². The lowest BCUT2D eigenvalue weighted by molar-refractivity contribution is 0.454. The molecule has 3 N–H and O–H groups in total. The molecule has 1 saturated heterocycles. The van der Waals surface area contributed by atoms with Crippen molar-refractivity contribution >= 4 is 22.7 Å². The lowest BCUT2D eigenvalue weighted by Crippen LogP contribution is -2.34. The number of fused-ring (bicyclic) bond motifs is 2. The maximum absolute atomic E-state index is 6.35. The second-order valence-electron chi connectivity index (χ2n) is 11.0. The van der Waals surface area contributed by atoms with Crippen LogP contribution < -0.4 is 16.0 Å². The zero-order chi connectivity index (χ0) is 28.0. The molecule has 2 atom stereocenters. The molecule has 1 aliphatic carbocycles. The van der Waals surface area contributed by atoms with Gasteiger partial charge in [-0.15, -0.1) is 0 Å². The van der Waals surface area contributed by atoms with Gasteiger partial charge in [0.25, 0.3) is 0 Å². The van der Waals surface area contributed by atoms with E-state index in [9.17, 15) is 0 Å². The fourth-order valence-corrected chi connectivity index (χ4v) is 6.38. The van der Waals surface area contributed by atoms with Gasteiger partial charge in [-0.05, 0) is 85.0 Å². The summed E-state index contributed by atoms with van der Waals surface area (Å²) in [7, 11) is 0. The molecular formula is C32H30N10. The van der Waals surface area contributed by atoms with Crippen LogP contribution in [0.3, 0.4) is 0 Å². The molecule has 1 fully saturated rings. The molecule has 0 spiro atoms. The van der Waals surface area contributed by atoms with E-state index in [2.05, 4.69) is 54.1 Å². The number of rotatable bonds is 6. The second kappa shape index (κ2) is 10.1. The Morgan fingerprint density at radius 2 is 1.86 bits per heavy atom. The van der Waals surface area contributed by atoms with E-state index in [-0.39, 0.29) is 0 Å². The minimum atomic E-state index is 0.338. The summed E-state index contributed by atoms with van der Waals surface area (Å²) in [6, 6.07) is 21.3. The Bertz CT molecular complexity index is 1880. The number of benzene rings is 1. The Labute approximate surface area is 242 Å². The van der Waals surface area contributed by atoms with Gasteiger partial charge in [-0.3, -0.25) is 9.55 Å². The minimum Gasteiger partial charge on any atom is -0.383 e. The Kier molecular flexibility index (Phi) is 5.92. The number of anilines is 2. The van der Waals surface area contributed by atoms with E-state index in [1.807, 2.05) is 55.0 Å². The molecule has 0 radical (unpaired) electrons. The third-order valence-electron chi connectivity index (χ3n) is 8.41. The molecule has 1 unspecified atom stereocenters. The van der Waals surface area contributed by atoms with Crippen LogP contribution in [0.4, 0.5) is 11.5 Å². The highest BCUT2D eigenvalue weighted by Crippen LogP contribution is 2.36. The normalized spacial score (nSPS) is 18.1. The Morgan fingerprint density at radius 1 is 0.905 bits per heavy atom. The first-order chi connectivity index (χ1) is 20.7. The standard InChI is InChI=1S/C32H30N10/c33-30-26(5-2-14-35-30)31-38-28-10-11-29(41-16-3-15-36-41)39-32(28)42(31)23-7-8-25-21(18-23)6-9-27(25)37-22-12-17-40(20-22)24-4-1-13-34-19-24/h1-5,7-8,10-11,13-16,18-19,22,27,37H,6,9,12,17,20H2,(H2,33,35)/t22?,27-/m0/s1. The molecule has 8 rings (SSSR count). The molecule has 6 heterocycles. The summed E-state index contributed by atoms with van der Waals surface area (Å²) in [5.74, 6) is 1.88. The maximum Gasteiger partial charge on any atom is 0.167 e. The van der Waals surface area contributed by atoms with Gasteiger partial charge in [-0.25, -0.2) is 19.6 Å². The molecule has 0 saturated carbocycles. The molecule has 0 bridgehead atoms. The van der Waals surface area contributed by atoms with Crippen LogP contribution in [-0.4, -0.2) is 53.4 Å². The third-order valence-corrected chi connectivity index (χ3v) is 8.41. The number of nitrogens with one attached hydrogen (secondary N) is 1. The van der Waals surface area contributed by atoms with Crippen molar-refractivity contribution in [2.24, 2.45) is 0 Å². The topological polar surface area (TPSA) is 116 Å². The van der Waals surface area contributed by atoms with Gasteiger partial charge in [0.2, 0.25) is 0 Å². The highest BCUT2D eigenvalue weighted by molar-refractivity contribution is 5.83. The summed E-state index contributed by atoms with van der Waals surface area (Å²) in [5, 5.41) is 8.33. The van der Waals surface area contributed by atoms with Crippen LogP contribution in [-0.2, 0) is 6.42 Å². The third kappa shape index (κ3) is 4.27. The smallest absolute Gasteiger partial charge is 0.167 e. The number of hydrogen-bond donors (Lipinski definition) is 2. The minimum absolute atomic E-state index is 0.338. The van der Waals surface area contributed by atoms with Crippen molar-refractivity contribution in [3.8, 4) is 22.9 Å². The fourth-order valence-electron chi connectivity index (χ4n) is 6.38. The Hall–Kier alpha value is -5.09. The zero-order valence-corrected chi connectivity index (χ0v) is 23.0. The number of nitrogens with zero attached hydrogens (tertiary/aromatic N) is 8. The van der Waals surface area contributed by atoms with Crippen LogP contribution in [0, 0.1) is 0 Å². The van der Waals surface area contributed by atoms with E-state index in [0.29, 0.717) is 17.9 Å². The van der Waals surface area contributed by atoms with Crippen molar-refractivity contribution in [2.45, 2.75) is 31.3 Å². The van der Waals surface area contributed by atoms with Crippen molar-refractivity contribution in [3.05, 3.63) is 103 Å². The van der Waals surface area contributed by atoms with Gasteiger partial charge in [0.05, 0.1) is 17.4 Å². The van der Waals surface area contributed by atoms with Crippen molar-refractivity contribution in [2.75, 3.05) is 23.7 Å². The van der Waals surface area contributed by atoms with Crippen LogP contribution in [0.1, 0.15) is 30.0 Å². The van der Waals surface area contributed by atoms with Gasteiger partial charge in [-0.2, -0.15) is 5.10 Å². The quantitative estimate of drug-likeness (QED) is 0.309. The van der Waals surface area contributed by atoms with Crippen LogP contribution in [0.15, 0.2) is 91.6 Å². The largest absolute Gasteiger partial charge is 0.383 e. The summed E-state index contributed by atoms with van der Waals surface area (Å²) < 4.78 is 3.85. The Balaban J connectivity index is 1.14. The maximum atomic E-state index is 6.35. The second-order valence-corrected chi connectivity index (χ2v) is 11.0. The average molecular weight is 555 g/mol. The Morgan fingerprint density at radius 3 is 2.71 bits per heavy atom. The molecule has 2 aliphatic rings. The zero-order valence-electron chi connectivity index (χ0n) is 23.0. The molecule has 5 aromatic heterocycles. The summed E-state index contributed by atoms with van der Waals surface area (Å²) in [4.78, 5) is 21.0. The van der Waals surface area contributed by atoms with Gasteiger partial charge >= 0.3 is 0 Å². The predicted molar refractivity (Wildman–Crippen MR) is 163 cm³/mol. The van der Waals surface area contributed by atoms with Crippen LogP contribution in [0.25, 0.3) is 34.1 Å². The molecular weight excluding hydrogens is 524 g/mol. The summed E-state index contributed by atoms with van der Waals surface area (Å²) in [5.41, 5.74) is 13.6. The van der Waals surface area contributed by atoms with E-state index < -0.39 is 0 Å². The van der Waals surface area contributed by atoms with Crippen molar-refractivity contribution in [3.63, 3.8) is 0 Å².